The van der Waals surface area contributed by atoms with Gasteiger partial charge in [-0.2, -0.15) is 0 Å². The SMILES string of the molecule is CCCCCC(O)(O)O.OCCCCCCO. The molecule has 0 saturated heterocycles. The van der Waals surface area contributed by atoms with E-state index in [1.165, 1.54) is 0 Å². The van der Waals surface area contributed by atoms with E-state index in [0.29, 0.717) is 6.42 Å². The van der Waals surface area contributed by atoms with Crippen LogP contribution >= 0.6 is 0 Å². The van der Waals surface area contributed by atoms with Gasteiger partial charge < -0.3 is 25.5 Å². The molecule has 0 fully saturated rings. The zero-order valence-electron chi connectivity index (χ0n) is 10.8. The first-order valence-corrected chi connectivity index (χ1v) is 6.36. The average molecular weight is 252 g/mol. The molecule has 0 spiro atoms. The maximum atomic E-state index is 8.36. The lowest BCUT2D eigenvalue weighted by Crippen LogP contribution is -2.26. The van der Waals surface area contributed by atoms with Crippen LogP contribution in [0.3, 0.4) is 0 Å². The number of hydrogen-bond acceptors (Lipinski definition) is 5. The normalized spacial score (nSPS) is 10.9. The predicted octanol–water partition coefficient (Wildman–Crippen LogP) is 0.729. The molecule has 0 aromatic rings. The highest BCUT2D eigenvalue weighted by Gasteiger charge is 2.15. The summed E-state index contributed by atoms with van der Waals surface area (Å²) < 4.78 is 0. The second-order valence-corrected chi connectivity index (χ2v) is 4.09. The van der Waals surface area contributed by atoms with E-state index in [1.807, 2.05) is 6.92 Å². The van der Waals surface area contributed by atoms with Gasteiger partial charge >= 0.3 is 0 Å². The van der Waals surface area contributed by atoms with Gasteiger partial charge in [0, 0.05) is 19.6 Å². The monoisotopic (exact) mass is 252 g/mol. The largest absolute Gasteiger partial charge is 0.396 e. The number of hydrogen-bond donors (Lipinski definition) is 5. The van der Waals surface area contributed by atoms with Crippen LogP contribution in [0.15, 0.2) is 0 Å². The molecule has 0 saturated carbocycles. The van der Waals surface area contributed by atoms with Crippen molar-refractivity contribution in [3.63, 3.8) is 0 Å². The van der Waals surface area contributed by atoms with Gasteiger partial charge in [-0.25, -0.2) is 0 Å². The van der Waals surface area contributed by atoms with Gasteiger partial charge in [-0.15, -0.1) is 0 Å². The Morgan fingerprint density at radius 3 is 1.47 bits per heavy atom. The zero-order chi connectivity index (χ0) is 13.6. The van der Waals surface area contributed by atoms with Crippen molar-refractivity contribution in [2.45, 2.75) is 64.3 Å². The molecule has 0 unspecified atom stereocenters. The van der Waals surface area contributed by atoms with Crippen molar-refractivity contribution >= 4 is 0 Å². The predicted molar refractivity (Wildman–Crippen MR) is 66.2 cm³/mol. The minimum atomic E-state index is -2.45. The van der Waals surface area contributed by atoms with Crippen LogP contribution in [0.4, 0.5) is 0 Å². The first-order chi connectivity index (χ1) is 7.97. The summed E-state index contributed by atoms with van der Waals surface area (Å²) in [7, 11) is 0. The minimum absolute atomic E-state index is 0.0425. The van der Waals surface area contributed by atoms with Crippen LogP contribution in [0, 0.1) is 0 Å². The third kappa shape index (κ3) is 25.8. The van der Waals surface area contributed by atoms with Crippen LogP contribution in [0.2, 0.25) is 0 Å². The summed E-state index contributed by atoms with van der Waals surface area (Å²) in [6.45, 7) is 2.57. The molecule has 0 aromatic heterocycles. The van der Waals surface area contributed by atoms with Gasteiger partial charge in [-0.3, -0.25) is 0 Å². The van der Waals surface area contributed by atoms with Gasteiger partial charge in [0.05, 0.1) is 0 Å². The lowest BCUT2D eigenvalue weighted by Gasteiger charge is -2.12. The number of rotatable bonds is 9. The van der Waals surface area contributed by atoms with E-state index in [0.717, 1.165) is 38.5 Å². The van der Waals surface area contributed by atoms with Crippen molar-refractivity contribution in [3.05, 3.63) is 0 Å². The minimum Gasteiger partial charge on any atom is -0.396 e. The Hall–Kier alpha value is -0.200. The Morgan fingerprint density at radius 1 is 0.706 bits per heavy atom. The summed E-state index contributed by atoms with van der Waals surface area (Å²) in [5.74, 6) is -2.45. The standard InChI is InChI=1S/C6H14O3.C6H14O2/c1-2-3-4-5-6(7,8)9;7-5-3-1-2-4-6-8/h7-9H,2-5H2,1H3;7-8H,1-6H2. The molecule has 0 bridgehead atoms. The van der Waals surface area contributed by atoms with Gasteiger partial charge in [-0.1, -0.05) is 32.6 Å². The quantitative estimate of drug-likeness (QED) is 0.307. The Balaban J connectivity index is 0. The van der Waals surface area contributed by atoms with E-state index in [2.05, 4.69) is 0 Å². The van der Waals surface area contributed by atoms with E-state index in [-0.39, 0.29) is 19.6 Å². The van der Waals surface area contributed by atoms with Crippen molar-refractivity contribution in [1.29, 1.82) is 0 Å². The second kappa shape index (κ2) is 13.9. The first-order valence-electron chi connectivity index (χ1n) is 6.36. The summed E-state index contributed by atoms with van der Waals surface area (Å²) in [4.78, 5) is 0. The molecule has 106 valence electrons. The number of unbranched alkanes of at least 4 members (excludes halogenated alkanes) is 5. The molecule has 0 aromatic carbocycles. The fourth-order valence-electron chi connectivity index (χ4n) is 1.19. The number of aliphatic hydroxyl groups excluding tert-OH is 2. The summed E-state index contributed by atoms with van der Waals surface area (Å²) in [6.07, 6.45) is 6.45. The highest BCUT2D eigenvalue weighted by molar-refractivity contribution is 4.47. The lowest BCUT2D eigenvalue weighted by atomic mass is 10.2. The molecule has 17 heavy (non-hydrogen) atoms. The van der Waals surface area contributed by atoms with Gasteiger partial charge in [-0.05, 0) is 19.3 Å². The van der Waals surface area contributed by atoms with Gasteiger partial charge in [0.1, 0.15) is 0 Å². The van der Waals surface area contributed by atoms with Crippen LogP contribution in [-0.4, -0.2) is 44.7 Å². The zero-order valence-corrected chi connectivity index (χ0v) is 10.8. The molecule has 5 nitrogen and oxygen atoms in total. The van der Waals surface area contributed by atoms with Gasteiger partial charge in [0.2, 0.25) is 0 Å². The molecule has 0 heterocycles. The molecule has 0 rings (SSSR count). The molecule has 0 radical (unpaired) electrons. The average Bonchev–Trinajstić information content (AvgIpc) is 2.24. The Labute approximate surface area is 104 Å². The summed E-state index contributed by atoms with van der Waals surface area (Å²) in [5, 5.41) is 41.7. The van der Waals surface area contributed by atoms with Crippen LogP contribution in [0.5, 0.6) is 0 Å². The van der Waals surface area contributed by atoms with E-state index in [4.69, 9.17) is 25.5 Å². The van der Waals surface area contributed by atoms with E-state index < -0.39 is 5.97 Å². The van der Waals surface area contributed by atoms with E-state index in [9.17, 15) is 0 Å². The smallest absolute Gasteiger partial charge is 0.275 e. The van der Waals surface area contributed by atoms with Gasteiger partial charge in [0.15, 0.2) is 0 Å². The summed E-state index contributed by atoms with van der Waals surface area (Å²) in [5.41, 5.74) is 0. The van der Waals surface area contributed by atoms with Crippen LogP contribution in [0.25, 0.3) is 0 Å². The van der Waals surface area contributed by atoms with Crippen LogP contribution in [0.1, 0.15) is 58.3 Å². The molecule has 5 heteroatoms. The maximum absolute atomic E-state index is 8.36. The van der Waals surface area contributed by atoms with Crippen molar-refractivity contribution in [2.75, 3.05) is 13.2 Å². The second-order valence-electron chi connectivity index (χ2n) is 4.09. The Bertz CT molecular complexity index is 127. The molecule has 0 amide bonds. The van der Waals surface area contributed by atoms with Crippen molar-refractivity contribution < 1.29 is 25.5 Å². The first kappa shape index (κ1) is 19.1. The summed E-state index contributed by atoms with van der Waals surface area (Å²) >= 11 is 0. The number of aliphatic hydroxyl groups is 5. The van der Waals surface area contributed by atoms with E-state index in [1.54, 1.807) is 0 Å². The Kier molecular flexibility index (Phi) is 15.6. The molecule has 0 atom stereocenters. The molecule has 0 aliphatic heterocycles. The molecule has 0 aliphatic rings. The fraction of sp³-hybridized carbons (Fsp3) is 1.00. The van der Waals surface area contributed by atoms with Gasteiger partial charge in [0.25, 0.3) is 5.97 Å². The topological polar surface area (TPSA) is 101 Å². The van der Waals surface area contributed by atoms with Crippen molar-refractivity contribution in [2.24, 2.45) is 0 Å². The highest BCUT2D eigenvalue weighted by atomic mass is 16.7. The lowest BCUT2D eigenvalue weighted by molar-refractivity contribution is -0.314. The van der Waals surface area contributed by atoms with Crippen LogP contribution in [-0.2, 0) is 0 Å². The van der Waals surface area contributed by atoms with Crippen molar-refractivity contribution in [1.82, 2.24) is 0 Å². The van der Waals surface area contributed by atoms with Crippen molar-refractivity contribution in [3.8, 4) is 0 Å². The molecular formula is C12H28O5. The van der Waals surface area contributed by atoms with E-state index >= 15 is 0 Å². The third-order valence-corrected chi connectivity index (χ3v) is 2.18. The third-order valence-electron chi connectivity index (χ3n) is 2.18. The maximum Gasteiger partial charge on any atom is 0.275 e. The summed E-state index contributed by atoms with van der Waals surface area (Å²) in [6, 6.07) is 0. The molecular weight excluding hydrogens is 224 g/mol. The fourth-order valence-corrected chi connectivity index (χ4v) is 1.19. The Morgan fingerprint density at radius 2 is 1.18 bits per heavy atom. The molecule has 0 aliphatic carbocycles. The van der Waals surface area contributed by atoms with Crippen LogP contribution < -0.4 is 0 Å². The highest BCUT2D eigenvalue weighted by Crippen LogP contribution is 2.07. The molecule has 5 N–H and O–H groups in total.